The number of ether oxygens (including phenoxy) is 1. The fourth-order valence-electron chi connectivity index (χ4n) is 4.69. The smallest absolute Gasteiger partial charge is 0.255 e. The van der Waals surface area contributed by atoms with Gasteiger partial charge >= 0.3 is 0 Å². The van der Waals surface area contributed by atoms with Crippen LogP contribution in [0.3, 0.4) is 0 Å². The number of aromatic nitrogens is 3. The number of carbonyl (C=O) groups is 1. The summed E-state index contributed by atoms with van der Waals surface area (Å²) in [6, 6.07) is 19.8. The van der Waals surface area contributed by atoms with Crippen LogP contribution in [-0.4, -0.2) is 27.3 Å². The Labute approximate surface area is 237 Å². The number of amides is 1. The minimum atomic E-state index is -0.553. The summed E-state index contributed by atoms with van der Waals surface area (Å²) >= 11 is 1.34. The van der Waals surface area contributed by atoms with E-state index in [-0.39, 0.29) is 11.7 Å². The Kier molecular flexibility index (Phi) is 8.21. The zero-order valence-electron chi connectivity index (χ0n) is 23.0. The lowest BCUT2D eigenvalue weighted by Crippen LogP contribution is -2.31. The highest BCUT2D eigenvalue weighted by Gasteiger charge is 2.35. The summed E-state index contributed by atoms with van der Waals surface area (Å²) in [5, 5.41) is 11.6. The molecule has 5 rings (SSSR count). The van der Waals surface area contributed by atoms with Crippen LogP contribution in [0.4, 0.5) is 16.0 Å². The van der Waals surface area contributed by atoms with E-state index in [9.17, 15) is 9.18 Å². The van der Waals surface area contributed by atoms with E-state index in [0.717, 1.165) is 34.5 Å². The second kappa shape index (κ2) is 12.0. The lowest BCUT2D eigenvalue weighted by Gasteiger charge is -2.29. The van der Waals surface area contributed by atoms with E-state index in [1.807, 2.05) is 69.3 Å². The molecule has 0 saturated heterocycles. The molecule has 1 unspecified atom stereocenters. The number of hydrogen-bond acceptors (Lipinski definition) is 6. The van der Waals surface area contributed by atoms with Gasteiger partial charge in [-0.2, -0.15) is 4.98 Å². The number of aryl methyl sites for hydroxylation is 2. The largest absolute Gasteiger partial charge is 0.494 e. The van der Waals surface area contributed by atoms with E-state index < -0.39 is 6.04 Å². The van der Waals surface area contributed by atoms with Crippen LogP contribution in [0.2, 0.25) is 0 Å². The number of nitrogens with zero attached hydrogens (tertiary/aromatic N) is 3. The highest BCUT2D eigenvalue weighted by atomic mass is 32.2. The molecule has 3 aromatic carbocycles. The molecular weight excluding hydrogens is 525 g/mol. The van der Waals surface area contributed by atoms with Gasteiger partial charge in [0.2, 0.25) is 11.1 Å². The first-order valence-corrected chi connectivity index (χ1v) is 14.2. The van der Waals surface area contributed by atoms with Crippen molar-refractivity contribution in [2.24, 2.45) is 0 Å². The maximum absolute atomic E-state index is 14.2. The van der Waals surface area contributed by atoms with Gasteiger partial charge in [-0.05, 0) is 68.1 Å². The van der Waals surface area contributed by atoms with Gasteiger partial charge in [-0.3, -0.25) is 4.79 Å². The number of halogens is 1. The van der Waals surface area contributed by atoms with Crippen LogP contribution in [0, 0.1) is 19.7 Å². The number of anilines is 2. The monoisotopic (exact) mass is 557 g/mol. The van der Waals surface area contributed by atoms with Crippen molar-refractivity contribution in [2.45, 2.75) is 51.1 Å². The van der Waals surface area contributed by atoms with Crippen LogP contribution in [0.15, 0.2) is 83.2 Å². The minimum absolute atomic E-state index is 0.233. The summed E-state index contributed by atoms with van der Waals surface area (Å²) in [6.45, 7) is 8.51. The van der Waals surface area contributed by atoms with Crippen molar-refractivity contribution in [3.8, 4) is 5.75 Å². The molecule has 9 heteroatoms. The van der Waals surface area contributed by atoms with Gasteiger partial charge in [-0.25, -0.2) is 9.07 Å². The highest BCUT2D eigenvalue weighted by molar-refractivity contribution is 7.98. The third-order valence-electron chi connectivity index (χ3n) is 6.67. The molecule has 4 aromatic rings. The van der Waals surface area contributed by atoms with Crippen LogP contribution in [0.5, 0.6) is 5.75 Å². The molecule has 0 spiro atoms. The van der Waals surface area contributed by atoms with E-state index in [1.54, 1.807) is 16.8 Å². The van der Waals surface area contributed by atoms with E-state index in [4.69, 9.17) is 9.84 Å². The third-order valence-corrected chi connectivity index (χ3v) is 7.56. The molecule has 7 nitrogen and oxygen atoms in total. The zero-order chi connectivity index (χ0) is 28.2. The zero-order valence-corrected chi connectivity index (χ0v) is 23.8. The number of rotatable bonds is 9. The summed E-state index contributed by atoms with van der Waals surface area (Å²) in [5.41, 5.74) is 5.48. The number of carbonyl (C=O) groups excluding carboxylic acids is 1. The maximum Gasteiger partial charge on any atom is 0.255 e. The van der Waals surface area contributed by atoms with E-state index in [2.05, 4.69) is 22.5 Å². The molecule has 1 aliphatic heterocycles. The van der Waals surface area contributed by atoms with Gasteiger partial charge in [0, 0.05) is 17.1 Å². The van der Waals surface area contributed by atoms with Crippen LogP contribution in [0.25, 0.3) is 0 Å². The molecular formula is C31H32FN5O2S. The average molecular weight is 558 g/mol. The normalized spacial score (nSPS) is 14.5. The molecule has 1 amide bonds. The molecule has 206 valence electrons. The van der Waals surface area contributed by atoms with Gasteiger partial charge in [0.15, 0.2) is 0 Å². The fourth-order valence-corrected chi connectivity index (χ4v) is 5.51. The lowest BCUT2D eigenvalue weighted by atomic mass is 9.94. The number of benzene rings is 3. The fraction of sp³-hybridized carbons (Fsp3) is 0.258. The summed E-state index contributed by atoms with van der Waals surface area (Å²) in [5.74, 6) is 1.13. The topological polar surface area (TPSA) is 81.1 Å². The molecule has 0 bridgehead atoms. The third kappa shape index (κ3) is 5.89. The number of nitrogens with one attached hydrogen (secondary N) is 2. The maximum atomic E-state index is 14.2. The Bertz CT molecular complexity index is 1580. The van der Waals surface area contributed by atoms with Gasteiger partial charge in [0.05, 0.1) is 12.2 Å². The van der Waals surface area contributed by atoms with Crippen LogP contribution >= 0.6 is 11.8 Å². The first kappa shape index (κ1) is 27.5. The molecule has 1 aliphatic rings. The van der Waals surface area contributed by atoms with Gasteiger partial charge in [-0.1, -0.05) is 66.7 Å². The number of hydrogen-bond donors (Lipinski definition) is 2. The molecule has 1 atom stereocenters. The molecule has 2 N–H and O–H groups in total. The van der Waals surface area contributed by atoms with Crippen LogP contribution in [-0.2, 0) is 10.5 Å². The first-order chi connectivity index (χ1) is 19.3. The lowest BCUT2D eigenvalue weighted by molar-refractivity contribution is -0.113. The van der Waals surface area contributed by atoms with Crippen molar-refractivity contribution in [2.75, 3.05) is 17.2 Å². The van der Waals surface area contributed by atoms with Gasteiger partial charge in [0.25, 0.3) is 5.91 Å². The van der Waals surface area contributed by atoms with Crippen molar-refractivity contribution in [1.82, 2.24) is 14.8 Å². The average Bonchev–Trinajstić information content (AvgIpc) is 3.34. The van der Waals surface area contributed by atoms with Crippen molar-refractivity contribution in [3.05, 3.63) is 106 Å². The van der Waals surface area contributed by atoms with Gasteiger partial charge in [0.1, 0.15) is 17.6 Å². The summed E-state index contributed by atoms with van der Waals surface area (Å²) in [4.78, 5) is 18.6. The van der Waals surface area contributed by atoms with Crippen molar-refractivity contribution >= 4 is 29.3 Å². The Balaban J connectivity index is 1.51. The van der Waals surface area contributed by atoms with E-state index >= 15 is 0 Å². The van der Waals surface area contributed by atoms with E-state index in [1.165, 1.54) is 17.8 Å². The number of allylic oxidation sites excluding steroid dienone is 1. The SMILES string of the molecule is CCCOc1cccc(C2C(C(=O)Nc3ccc(C)cc3C)=C(C)Nc3nc(SCc4ccccc4F)nn32)c1. The predicted molar refractivity (Wildman–Crippen MR) is 157 cm³/mol. The van der Waals surface area contributed by atoms with Crippen molar-refractivity contribution in [3.63, 3.8) is 0 Å². The van der Waals surface area contributed by atoms with Crippen molar-refractivity contribution in [1.29, 1.82) is 0 Å². The molecule has 0 radical (unpaired) electrons. The van der Waals surface area contributed by atoms with E-state index in [0.29, 0.717) is 40.3 Å². The van der Waals surface area contributed by atoms with Crippen LogP contribution in [0.1, 0.15) is 48.6 Å². The summed E-state index contributed by atoms with van der Waals surface area (Å²) < 4.78 is 21.9. The number of fused-ring (bicyclic) bond motifs is 1. The second-order valence-corrected chi connectivity index (χ2v) is 10.7. The number of thioether (sulfide) groups is 1. The van der Waals surface area contributed by atoms with Gasteiger partial charge in [-0.15, -0.1) is 5.10 Å². The predicted octanol–water partition coefficient (Wildman–Crippen LogP) is 7.04. The molecule has 1 aromatic heterocycles. The van der Waals surface area contributed by atoms with Crippen LogP contribution < -0.4 is 15.4 Å². The van der Waals surface area contributed by atoms with Gasteiger partial charge < -0.3 is 15.4 Å². The second-order valence-electron chi connectivity index (χ2n) is 9.80. The molecule has 0 aliphatic carbocycles. The molecule has 2 heterocycles. The first-order valence-electron chi connectivity index (χ1n) is 13.3. The Morgan fingerprint density at radius 2 is 1.93 bits per heavy atom. The Morgan fingerprint density at radius 3 is 2.70 bits per heavy atom. The molecule has 0 fully saturated rings. The highest BCUT2D eigenvalue weighted by Crippen LogP contribution is 2.38. The Morgan fingerprint density at radius 1 is 1.10 bits per heavy atom. The Hall–Kier alpha value is -4.11. The summed E-state index contributed by atoms with van der Waals surface area (Å²) in [6.07, 6.45) is 0.885. The standard InChI is InChI=1S/C31H32FN5O2S/c1-5-15-39-24-11-8-10-22(17-24)28-27(29(38)34-26-14-13-19(2)16-20(26)3)21(4)33-30-35-31(36-37(28)30)40-18-23-9-6-7-12-25(23)32/h6-14,16-17,28H,5,15,18H2,1-4H3,(H,34,38)(H,33,35,36). The summed E-state index contributed by atoms with van der Waals surface area (Å²) in [7, 11) is 0. The van der Waals surface area contributed by atoms with Crippen molar-refractivity contribution < 1.29 is 13.9 Å². The molecule has 40 heavy (non-hydrogen) atoms. The minimum Gasteiger partial charge on any atom is -0.494 e. The molecule has 0 saturated carbocycles. The quantitative estimate of drug-likeness (QED) is 0.215.